The lowest BCUT2D eigenvalue weighted by Crippen LogP contribution is -1.93. The Morgan fingerprint density at radius 1 is 1.57 bits per heavy atom. The molecule has 0 nitrogen and oxygen atoms in total. The molecule has 1 aliphatic rings. The van der Waals surface area contributed by atoms with E-state index in [2.05, 4.69) is 18.8 Å². The minimum Gasteiger partial charge on any atom is -0.103 e. The summed E-state index contributed by atoms with van der Waals surface area (Å²) in [6.45, 7) is 2.19. The zero-order valence-electron chi connectivity index (χ0n) is 4.70. The fourth-order valence-electron chi connectivity index (χ4n) is 0.815. The lowest BCUT2D eigenvalue weighted by Gasteiger charge is -2.04. The van der Waals surface area contributed by atoms with Crippen LogP contribution in [0.25, 0.3) is 0 Å². The summed E-state index contributed by atoms with van der Waals surface area (Å²) in [5, 5.41) is 0. The van der Waals surface area contributed by atoms with E-state index in [4.69, 9.17) is 0 Å². The van der Waals surface area contributed by atoms with Gasteiger partial charge < -0.3 is 0 Å². The van der Waals surface area contributed by atoms with Gasteiger partial charge in [0.15, 0.2) is 0 Å². The summed E-state index contributed by atoms with van der Waals surface area (Å²) in [4.78, 5) is 0. The van der Waals surface area contributed by atoms with Gasteiger partial charge in [-0.2, -0.15) is 0 Å². The fourth-order valence-corrected chi connectivity index (χ4v) is 0.815. The molecular weight excluding hydrogens is 84.1 g/mol. The summed E-state index contributed by atoms with van der Waals surface area (Å²) in [6.07, 6.45) is 3.76. The number of hydrogen-bond donors (Lipinski definition) is 0. The second-order valence-electron chi connectivity index (χ2n) is 2.11. The van der Waals surface area contributed by atoms with Crippen LogP contribution in [0.5, 0.6) is 0 Å². The van der Waals surface area contributed by atoms with Gasteiger partial charge in [0.25, 0.3) is 0 Å². The van der Waals surface area contributed by atoms with Gasteiger partial charge in [-0.15, -0.1) is 11.8 Å². The molecule has 0 aromatic carbocycles. The van der Waals surface area contributed by atoms with Crippen LogP contribution in [0.15, 0.2) is 0 Å². The van der Waals surface area contributed by atoms with Crippen molar-refractivity contribution in [2.45, 2.75) is 26.2 Å². The Bertz CT molecular complexity index is 103. The Morgan fingerprint density at radius 2 is 2.43 bits per heavy atom. The quantitative estimate of drug-likeness (QED) is 0.401. The third-order valence-electron chi connectivity index (χ3n) is 1.29. The smallest absolute Gasteiger partial charge is 0.0174 e. The van der Waals surface area contributed by atoms with Crippen molar-refractivity contribution in [1.82, 2.24) is 0 Å². The van der Waals surface area contributed by atoms with Crippen LogP contribution in [0.2, 0.25) is 0 Å². The third kappa shape index (κ3) is 1.23. The Hall–Kier alpha value is -0.440. The molecule has 1 rings (SSSR count). The van der Waals surface area contributed by atoms with Gasteiger partial charge in [0.1, 0.15) is 0 Å². The summed E-state index contributed by atoms with van der Waals surface area (Å²) in [6, 6.07) is 0. The van der Waals surface area contributed by atoms with Gasteiger partial charge >= 0.3 is 0 Å². The van der Waals surface area contributed by atoms with Gasteiger partial charge in [0.2, 0.25) is 0 Å². The summed E-state index contributed by atoms with van der Waals surface area (Å²) < 4.78 is 0. The second-order valence-corrected chi connectivity index (χ2v) is 2.11. The highest BCUT2D eigenvalue weighted by Crippen LogP contribution is 2.09. The van der Waals surface area contributed by atoms with Crippen molar-refractivity contribution < 1.29 is 0 Å². The van der Waals surface area contributed by atoms with E-state index in [1.165, 1.54) is 12.8 Å². The first-order chi connectivity index (χ1) is 3.39. The third-order valence-corrected chi connectivity index (χ3v) is 1.29. The van der Waals surface area contributed by atoms with Crippen LogP contribution in [0.4, 0.5) is 0 Å². The van der Waals surface area contributed by atoms with Crippen molar-refractivity contribution in [1.29, 1.82) is 0 Å². The largest absolute Gasteiger partial charge is 0.103 e. The van der Waals surface area contributed by atoms with E-state index in [0.29, 0.717) is 5.92 Å². The lowest BCUT2D eigenvalue weighted by molar-refractivity contribution is 0.616. The summed E-state index contributed by atoms with van der Waals surface area (Å²) in [7, 11) is 0. The minimum absolute atomic E-state index is 0.675. The Kier molecular flexibility index (Phi) is 1.36. The van der Waals surface area contributed by atoms with Crippen molar-refractivity contribution in [3.63, 3.8) is 0 Å². The summed E-state index contributed by atoms with van der Waals surface area (Å²) >= 11 is 0. The molecule has 0 heteroatoms. The molecule has 0 unspecified atom stereocenters. The minimum atomic E-state index is 0.675. The Balaban J connectivity index is 2.45. The topological polar surface area (TPSA) is 0 Å². The maximum Gasteiger partial charge on any atom is 0.0174 e. The van der Waals surface area contributed by atoms with Gasteiger partial charge in [0, 0.05) is 12.3 Å². The van der Waals surface area contributed by atoms with Crippen molar-refractivity contribution in [2.75, 3.05) is 0 Å². The molecule has 0 bridgehead atoms. The van der Waals surface area contributed by atoms with E-state index in [1.54, 1.807) is 0 Å². The summed E-state index contributed by atoms with van der Waals surface area (Å²) in [5.41, 5.74) is 0. The van der Waals surface area contributed by atoms with Crippen LogP contribution >= 0.6 is 0 Å². The van der Waals surface area contributed by atoms with E-state index in [0.717, 1.165) is 6.42 Å². The molecule has 0 saturated carbocycles. The Morgan fingerprint density at radius 3 is 2.71 bits per heavy atom. The average Bonchev–Trinajstić information content (AvgIpc) is 1.69. The zero-order chi connectivity index (χ0) is 5.11. The van der Waals surface area contributed by atoms with Crippen molar-refractivity contribution in [3.8, 4) is 11.8 Å². The molecule has 0 fully saturated rings. The first-order valence-electron chi connectivity index (χ1n) is 2.88. The lowest BCUT2D eigenvalue weighted by atomic mass is 10.0. The highest BCUT2D eigenvalue weighted by molar-refractivity contribution is 5.05. The van der Waals surface area contributed by atoms with Gasteiger partial charge in [-0.3, -0.25) is 0 Å². The van der Waals surface area contributed by atoms with E-state index >= 15 is 0 Å². The van der Waals surface area contributed by atoms with Gasteiger partial charge in [-0.1, -0.05) is 6.92 Å². The Labute approximate surface area is 44.9 Å². The highest BCUT2D eigenvalue weighted by Gasteiger charge is 1.98. The number of rotatable bonds is 0. The van der Waals surface area contributed by atoms with E-state index in [1.807, 2.05) is 0 Å². The van der Waals surface area contributed by atoms with Crippen LogP contribution in [-0.2, 0) is 0 Å². The van der Waals surface area contributed by atoms with E-state index in [9.17, 15) is 0 Å². The summed E-state index contributed by atoms with van der Waals surface area (Å²) in [5.74, 6) is 6.89. The highest BCUT2D eigenvalue weighted by atomic mass is 14.0. The predicted molar refractivity (Wildman–Crippen MR) is 30.8 cm³/mol. The molecule has 38 valence electrons. The molecule has 7 heavy (non-hydrogen) atoms. The molecule has 1 atom stereocenters. The maximum absolute atomic E-state index is 3.13. The molecule has 0 N–H and O–H groups in total. The first-order valence-corrected chi connectivity index (χ1v) is 2.88. The van der Waals surface area contributed by atoms with Gasteiger partial charge in [-0.05, 0) is 12.8 Å². The van der Waals surface area contributed by atoms with Crippen LogP contribution < -0.4 is 0 Å². The fraction of sp³-hybridized carbons (Fsp3) is 0.714. The molecule has 0 spiro atoms. The van der Waals surface area contributed by atoms with Crippen LogP contribution in [0.1, 0.15) is 26.2 Å². The molecule has 0 saturated heterocycles. The zero-order valence-corrected chi connectivity index (χ0v) is 4.70. The van der Waals surface area contributed by atoms with Crippen molar-refractivity contribution in [2.24, 2.45) is 5.92 Å². The molecule has 1 aliphatic carbocycles. The second kappa shape index (κ2) is 2.02. The number of hydrogen-bond acceptors (Lipinski definition) is 0. The predicted octanol–water partition coefficient (Wildman–Crippen LogP) is 1.81. The SMILES string of the molecule is C[C@H]1C#CCCC1. The molecule has 0 heterocycles. The molecular formula is C7H10. The molecule has 0 aromatic rings. The maximum atomic E-state index is 3.13. The van der Waals surface area contributed by atoms with Crippen LogP contribution in [0.3, 0.4) is 0 Å². The van der Waals surface area contributed by atoms with Crippen molar-refractivity contribution in [3.05, 3.63) is 0 Å². The van der Waals surface area contributed by atoms with Crippen LogP contribution in [0, 0.1) is 17.8 Å². The first kappa shape index (κ1) is 4.71. The van der Waals surface area contributed by atoms with Gasteiger partial charge in [0.05, 0.1) is 0 Å². The van der Waals surface area contributed by atoms with Gasteiger partial charge in [-0.25, -0.2) is 0 Å². The molecule has 0 radical (unpaired) electrons. The molecule has 0 aromatic heterocycles. The van der Waals surface area contributed by atoms with Crippen molar-refractivity contribution >= 4 is 0 Å². The molecule has 0 aliphatic heterocycles. The van der Waals surface area contributed by atoms with E-state index < -0.39 is 0 Å². The van der Waals surface area contributed by atoms with Crippen LogP contribution in [-0.4, -0.2) is 0 Å². The normalized spacial score (nSPS) is 28.4. The van der Waals surface area contributed by atoms with E-state index in [-0.39, 0.29) is 0 Å². The average molecular weight is 94.2 g/mol. The monoisotopic (exact) mass is 94.1 g/mol. The standard InChI is InChI=1S/C7H10/c1-7-5-3-2-4-6-7/h7H,2-3,5H2,1H3/t7-/m1/s1. The molecule has 0 amide bonds.